The molecule has 0 spiro atoms. The van der Waals surface area contributed by atoms with Gasteiger partial charge in [-0.25, -0.2) is 0 Å². The van der Waals surface area contributed by atoms with E-state index >= 15 is 0 Å². The van der Waals surface area contributed by atoms with Crippen molar-refractivity contribution in [3.8, 4) is 0 Å². The van der Waals surface area contributed by atoms with Crippen molar-refractivity contribution in [2.45, 2.75) is 25.9 Å². The molecule has 31 heavy (non-hydrogen) atoms. The molecule has 0 aromatic heterocycles. The summed E-state index contributed by atoms with van der Waals surface area (Å²) in [5.41, 5.74) is 5.11. The van der Waals surface area contributed by atoms with Crippen molar-refractivity contribution in [2.75, 3.05) is 16.8 Å². The van der Waals surface area contributed by atoms with Crippen LogP contribution < -0.4 is 21.0 Å². The minimum atomic E-state index is -0.249. The van der Waals surface area contributed by atoms with E-state index in [1.165, 1.54) is 13.3 Å². The first kappa shape index (κ1) is 21.5. The highest BCUT2D eigenvalue weighted by atomic mass is 35.5. The van der Waals surface area contributed by atoms with Gasteiger partial charge in [0.25, 0.3) is 0 Å². The largest absolute Gasteiger partial charge is 0.359 e. The first-order valence-electron chi connectivity index (χ1n) is 10.1. The van der Waals surface area contributed by atoms with Gasteiger partial charge in [0, 0.05) is 19.2 Å². The van der Waals surface area contributed by atoms with Crippen molar-refractivity contribution in [1.82, 2.24) is 10.7 Å². The number of hydrazone groups is 1. The van der Waals surface area contributed by atoms with E-state index in [0.717, 1.165) is 24.2 Å². The first-order valence-corrected chi connectivity index (χ1v) is 10.8. The lowest BCUT2D eigenvalue weighted by Gasteiger charge is -2.28. The lowest BCUT2D eigenvalue weighted by Crippen LogP contribution is -2.45. The number of benzene rings is 2. The van der Waals surface area contributed by atoms with Crippen molar-refractivity contribution < 1.29 is 9.59 Å². The second kappa shape index (κ2) is 9.16. The van der Waals surface area contributed by atoms with Crippen LogP contribution in [0, 0.1) is 11.8 Å². The monoisotopic (exact) mass is 459 g/mol. The number of anilines is 2. The van der Waals surface area contributed by atoms with Crippen molar-refractivity contribution >= 4 is 52.7 Å². The van der Waals surface area contributed by atoms with Crippen LogP contribution in [0.1, 0.15) is 18.9 Å². The molecule has 7 nitrogen and oxygen atoms in total. The van der Waals surface area contributed by atoms with Gasteiger partial charge in [0.2, 0.25) is 11.8 Å². The van der Waals surface area contributed by atoms with Crippen LogP contribution in [0.15, 0.2) is 47.6 Å². The number of fused-ring (bicyclic) bond motifs is 1. The van der Waals surface area contributed by atoms with E-state index in [4.69, 9.17) is 23.2 Å². The standard InChI is InChI=1S/C22H23Cl2N5O2/c1-13(30)28-20-18(23)7-14(8-19(20)24)10-26-27-12-25-22(31)21-17-9-15(17)11-29(21)16-5-3-2-4-6-16/h2-8,12,15,17,21,26H,9-11H2,1H3,(H,28,30)(H,25,27,31)/t15-,17+,21+/m1/s1. The number of halogens is 2. The molecule has 1 heterocycles. The highest BCUT2D eigenvalue weighted by Crippen LogP contribution is 2.50. The van der Waals surface area contributed by atoms with E-state index in [9.17, 15) is 9.59 Å². The SMILES string of the molecule is CC(=O)Nc1c(Cl)cc(CN/N=C\NC(=O)[C@@H]2[C@H]3C[C@@H]3CN2c2ccccc2)cc1Cl. The van der Waals surface area contributed by atoms with Gasteiger partial charge in [-0.3, -0.25) is 9.59 Å². The predicted octanol–water partition coefficient (Wildman–Crippen LogP) is 3.63. The van der Waals surface area contributed by atoms with Crippen LogP contribution in [0.4, 0.5) is 11.4 Å². The fraction of sp³-hybridized carbons (Fsp3) is 0.318. The van der Waals surface area contributed by atoms with Gasteiger partial charge in [0.15, 0.2) is 0 Å². The molecule has 1 aliphatic carbocycles. The number of rotatable bonds is 7. The number of para-hydroxylation sites is 1. The molecule has 2 fully saturated rings. The number of nitrogens with one attached hydrogen (secondary N) is 3. The molecular weight excluding hydrogens is 437 g/mol. The molecule has 0 unspecified atom stereocenters. The highest BCUT2D eigenvalue weighted by Gasteiger charge is 2.55. The summed E-state index contributed by atoms with van der Waals surface area (Å²) in [4.78, 5) is 26.2. The third-order valence-corrected chi connectivity index (χ3v) is 6.15. The number of carbonyl (C=O) groups excluding carboxylic acids is 2. The number of hydrogen-bond donors (Lipinski definition) is 3. The number of hydrogen-bond acceptors (Lipinski definition) is 5. The summed E-state index contributed by atoms with van der Waals surface area (Å²) in [7, 11) is 0. The maximum Gasteiger partial charge on any atom is 0.248 e. The van der Waals surface area contributed by atoms with Gasteiger partial charge in [-0.2, -0.15) is 5.10 Å². The van der Waals surface area contributed by atoms with Gasteiger partial charge < -0.3 is 21.0 Å². The zero-order chi connectivity index (χ0) is 22.0. The summed E-state index contributed by atoms with van der Waals surface area (Å²) in [5, 5.41) is 10.1. The Kier molecular flexibility index (Phi) is 6.34. The number of carbonyl (C=O) groups is 2. The van der Waals surface area contributed by atoms with E-state index in [0.29, 0.717) is 34.1 Å². The Morgan fingerprint density at radius 2 is 1.90 bits per heavy atom. The van der Waals surface area contributed by atoms with E-state index in [1.54, 1.807) is 12.1 Å². The molecule has 162 valence electrons. The summed E-state index contributed by atoms with van der Waals surface area (Å²) >= 11 is 12.4. The van der Waals surface area contributed by atoms with Gasteiger partial charge in [0.05, 0.1) is 22.3 Å². The van der Waals surface area contributed by atoms with E-state index in [1.807, 2.05) is 30.3 Å². The second-order valence-corrected chi connectivity index (χ2v) is 8.62. The average Bonchev–Trinajstić information content (AvgIpc) is 3.40. The fourth-order valence-electron chi connectivity index (χ4n) is 4.07. The molecule has 3 atom stereocenters. The van der Waals surface area contributed by atoms with Crippen molar-refractivity contribution in [3.05, 3.63) is 58.1 Å². The third kappa shape index (κ3) is 4.94. The molecule has 3 N–H and O–H groups in total. The van der Waals surface area contributed by atoms with Gasteiger partial charge in [0.1, 0.15) is 12.4 Å². The maximum absolute atomic E-state index is 12.8. The molecule has 2 aromatic rings. The summed E-state index contributed by atoms with van der Waals surface area (Å²) in [6.07, 6.45) is 2.48. The van der Waals surface area contributed by atoms with Crippen molar-refractivity contribution in [2.24, 2.45) is 16.9 Å². The molecule has 9 heteroatoms. The van der Waals surface area contributed by atoms with Gasteiger partial charge in [-0.1, -0.05) is 41.4 Å². The molecule has 0 bridgehead atoms. The van der Waals surface area contributed by atoms with Gasteiger partial charge >= 0.3 is 0 Å². The molecule has 1 saturated heterocycles. The fourth-order valence-corrected chi connectivity index (χ4v) is 4.70. The van der Waals surface area contributed by atoms with Crippen LogP contribution in [0.5, 0.6) is 0 Å². The van der Waals surface area contributed by atoms with Crippen LogP contribution in [-0.4, -0.2) is 30.7 Å². The summed E-state index contributed by atoms with van der Waals surface area (Å²) in [6, 6.07) is 13.2. The zero-order valence-electron chi connectivity index (χ0n) is 16.9. The Labute approximate surface area is 190 Å². The zero-order valence-corrected chi connectivity index (χ0v) is 18.5. The summed E-state index contributed by atoms with van der Waals surface area (Å²) in [5.74, 6) is 0.708. The molecule has 1 aliphatic heterocycles. The lowest BCUT2D eigenvalue weighted by atomic mass is 10.1. The first-order chi connectivity index (χ1) is 14.9. The topological polar surface area (TPSA) is 85.8 Å². The number of amides is 2. The summed E-state index contributed by atoms with van der Waals surface area (Å²) in [6.45, 7) is 2.66. The third-order valence-electron chi connectivity index (χ3n) is 5.56. The molecular formula is C22H23Cl2N5O2. The van der Waals surface area contributed by atoms with Gasteiger partial charge in [-0.05, 0) is 48.1 Å². The Hall–Kier alpha value is -2.77. The second-order valence-electron chi connectivity index (χ2n) is 7.81. The molecule has 1 saturated carbocycles. The van der Waals surface area contributed by atoms with Crippen LogP contribution in [0.25, 0.3) is 0 Å². The van der Waals surface area contributed by atoms with E-state index < -0.39 is 0 Å². The highest BCUT2D eigenvalue weighted by molar-refractivity contribution is 6.39. The molecule has 4 rings (SSSR count). The van der Waals surface area contributed by atoms with Crippen LogP contribution in [-0.2, 0) is 16.1 Å². The number of piperidine rings is 1. The molecule has 2 amide bonds. The lowest BCUT2D eigenvalue weighted by molar-refractivity contribution is -0.121. The predicted molar refractivity (Wildman–Crippen MR) is 123 cm³/mol. The minimum Gasteiger partial charge on any atom is -0.359 e. The van der Waals surface area contributed by atoms with Gasteiger partial charge in [-0.15, -0.1) is 0 Å². The molecule has 2 aliphatic rings. The Morgan fingerprint density at radius 1 is 1.19 bits per heavy atom. The Morgan fingerprint density at radius 3 is 2.58 bits per heavy atom. The normalized spacial score (nSPS) is 21.6. The van der Waals surface area contributed by atoms with E-state index in [-0.39, 0.29) is 17.9 Å². The average molecular weight is 460 g/mol. The minimum absolute atomic E-state index is 0.0508. The van der Waals surface area contributed by atoms with Crippen LogP contribution >= 0.6 is 23.2 Å². The van der Waals surface area contributed by atoms with Crippen molar-refractivity contribution in [1.29, 1.82) is 0 Å². The van der Waals surface area contributed by atoms with Crippen molar-refractivity contribution in [3.63, 3.8) is 0 Å². The Balaban J connectivity index is 1.30. The summed E-state index contributed by atoms with van der Waals surface area (Å²) < 4.78 is 0. The van der Waals surface area contributed by atoms with Crippen LogP contribution in [0.2, 0.25) is 10.0 Å². The quantitative estimate of drug-likeness (QED) is 0.335. The van der Waals surface area contributed by atoms with Crippen LogP contribution in [0.3, 0.4) is 0 Å². The van der Waals surface area contributed by atoms with E-state index in [2.05, 4.69) is 26.1 Å². The molecule has 0 radical (unpaired) electrons. The Bertz CT molecular complexity index is 991. The molecule has 2 aromatic carbocycles. The number of nitrogens with zero attached hydrogens (tertiary/aromatic N) is 2. The maximum atomic E-state index is 12.8. The smallest absolute Gasteiger partial charge is 0.248 e.